The molecule has 23 heavy (non-hydrogen) atoms. The number of H-pyrrole nitrogens is 1. The van der Waals surface area contributed by atoms with E-state index in [1.807, 2.05) is 18.2 Å². The molecule has 0 fully saturated rings. The van der Waals surface area contributed by atoms with E-state index in [9.17, 15) is 9.18 Å². The molecule has 1 aliphatic heterocycles. The van der Waals surface area contributed by atoms with Gasteiger partial charge < -0.3 is 4.98 Å². The van der Waals surface area contributed by atoms with Crippen LogP contribution in [0.5, 0.6) is 0 Å². The molecule has 0 bridgehead atoms. The third-order valence-electron chi connectivity index (χ3n) is 4.54. The SMILES string of the molecule is O=c1c2ccc(F)cc2nc2n1CCc1c-2[nH]c2ccccc12. The number of aromatic amines is 1. The molecule has 0 aliphatic carbocycles. The highest BCUT2D eigenvalue weighted by Crippen LogP contribution is 2.33. The predicted octanol–water partition coefficient (Wildman–Crippen LogP) is 3.24. The Morgan fingerprint density at radius 2 is 2.00 bits per heavy atom. The molecule has 0 saturated heterocycles. The molecule has 112 valence electrons. The van der Waals surface area contributed by atoms with E-state index in [-0.39, 0.29) is 11.4 Å². The molecular formula is C18H12FN3O. The highest BCUT2D eigenvalue weighted by atomic mass is 19.1. The number of fused-ring (bicyclic) bond motifs is 6. The lowest BCUT2D eigenvalue weighted by Crippen LogP contribution is -2.27. The standard InChI is InChI=1S/C18H12FN3O/c19-10-5-6-13-15(9-10)21-17-16-12(7-8-22(17)18(13)23)11-3-1-2-4-14(11)20-16/h1-6,9,20H,7-8H2. The average molecular weight is 305 g/mol. The van der Waals surface area contributed by atoms with Gasteiger partial charge in [-0.05, 0) is 30.2 Å². The Hall–Kier alpha value is -2.95. The minimum absolute atomic E-state index is 0.116. The van der Waals surface area contributed by atoms with E-state index < -0.39 is 0 Å². The van der Waals surface area contributed by atoms with Crippen LogP contribution in [0.2, 0.25) is 0 Å². The summed E-state index contributed by atoms with van der Waals surface area (Å²) in [4.78, 5) is 20.6. The average Bonchev–Trinajstić information content (AvgIpc) is 2.94. The Morgan fingerprint density at radius 3 is 2.91 bits per heavy atom. The van der Waals surface area contributed by atoms with E-state index >= 15 is 0 Å². The van der Waals surface area contributed by atoms with E-state index in [0.717, 1.165) is 23.0 Å². The van der Waals surface area contributed by atoms with Crippen molar-refractivity contribution in [1.82, 2.24) is 14.5 Å². The maximum Gasteiger partial charge on any atom is 0.261 e. The summed E-state index contributed by atoms with van der Waals surface area (Å²) < 4.78 is 15.2. The van der Waals surface area contributed by atoms with Crippen LogP contribution >= 0.6 is 0 Å². The molecular weight excluding hydrogens is 293 g/mol. The zero-order valence-electron chi connectivity index (χ0n) is 12.1. The molecule has 0 spiro atoms. The fourth-order valence-corrected chi connectivity index (χ4v) is 3.47. The zero-order valence-corrected chi connectivity index (χ0v) is 12.1. The van der Waals surface area contributed by atoms with Gasteiger partial charge in [0, 0.05) is 23.5 Å². The van der Waals surface area contributed by atoms with Crippen LogP contribution in [0.1, 0.15) is 5.56 Å². The number of benzene rings is 2. The van der Waals surface area contributed by atoms with Crippen LogP contribution in [-0.2, 0) is 13.0 Å². The number of aryl methyl sites for hydroxylation is 1. The molecule has 4 aromatic rings. The largest absolute Gasteiger partial charge is 0.352 e. The first-order valence-corrected chi connectivity index (χ1v) is 7.52. The van der Waals surface area contributed by atoms with Crippen molar-refractivity contribution in [2.24, 2.45) is 0 Å². The number of para-hydroxylation sites is 1. The maximum absolute atomic E-state index is 13.5. The topological polar surface area (TPSA) is 50.7 Å². The van der Waals surface area contributed by atoms with Crippen LogP contribution in [0.4, 0.5) is 4.39 Å². The van der Waals surface area contributed by atoms with Crippen LogP contribution in [0.3, 0.4) is 0 Å². The Labute approximate surface area is 130 Å². The van der Waals surface area contributed by atoms with Gasteiger partial charge in [-0.1, -0.05) is 18.2 Å². The second-order valence-corrected chi connectivity index (χ2v) is 5.83. The first-order valence-electron chi connectivity index (χ1n) is 7.52. The van der Waals surface area contributed by atoms with Crippen LogP contribution in [0, 0.1) is 5.82 Å². The van der Waals surface area contributed by atoms with Crippen molar-refractivity contribution in [1.29, 1.82) is 0 Å². The van der Waals surface area contributed by atoms with Gasteiger partial charge >= 0.3 is 0 Å². The number of aromatic nitrogens is 3. The molecule has 5 rings (SSSR count). The molecule has 0 unspecified atom stereocenters. The zero-order chi connectivity index (χ0) is 15.6. The van der Waals surface area contributed by atoms with Gasteiger partial charge in [0.15, 0.2) is 5.82 Å². The Balaban J connectivity index is 1.91. The lowest BCUT2D eigenvalue weighted by molar-refractivity contribution is 0.627. The molecule has 2 aromatic heterocycles. The van der Waals surface area contributed by atoms with Crippen LogP contribution in [0.15, 0.2) is 47.3 Å². The second kappa shape index (κ2) is 4.29. The van der Waals surface area contributed by atoms with E-state index in [0.29, 0.717) is 23.3 Å². The van der Waals surface area contributed by atoms with Gasteiger partial charge in [0.05, 0.1) is 16.6 Å². The number of hydrogen-bond acceptors (Lipinski definition) is 2. The summed E-state index contributed by atoms with van der Waals surface area (Å²) in [5, 5.41) is 1.61. The fourth-order valence-electron chi connectivity index (χ4n) is 3.47. The van der Waals surface area contributed by atoms with E-state index in [2.05, 4.69) is 16.0 Å². The maximum atomic E-state index is 13.5. The van der Waals surface area contributed by atoms with Crippen molar-refractivity contribution in [2.75, 3.05) is 0 Å². The summed E-state index contributed by atoms with van der Waals surface area (Å²) in [6.45, 7) is 0.587. The molecule has 0 radical (unpaired) electrons. The first kappa shape index (κ1) is 12.6. The number of rotatable bonds is 0. The molecule has 5 heteroatoms. The van der Waals surface area contributed by atoms with Gasteiger partial charge in [-0.15, -0.1) is 0 Å². The molecule has 0 saturated carbocycles. The summed E-state index contributed by atoms with van der Waals surface area (Å²) in [6, 6.07) is 12.2. The van der Waals surface area contributed by atoms with Crippen molar-refractivity contribution in [2.45, 2.75) is 13.0 Å². The molecule has 0 amide bonds. The number of hydrogen-bond donors (Lipinski definition) is 1. The minimum atomic E-state index is -0.387. The molecule has 1 aliphatic rings. The first-order chi connectivity index (χ1) is 11.2. The highest BCUT2D eigenvalue weighted by Gasteiger charge is 2.23. The second-order valence-electron chi connectivity index (χ2n) is 5.83. The van der Waals surface area contributed by atoms with Gasteiger partial charge in [0.25, 0.3) is 5.56 Å². The van der Waals surface area contributed by atoms with Crippen molar-refractivity contribution >= 4 is 21.8 Å². The van der Waals surface area contributed by atoms with E-state index in [4.69, 9.17) is 0 Å². The summed E-state index contributed by atoms with van der Waals surface area (Å²) >= 11 is 0. The summed E-state index contributed by atoms with van der Waals surface area (Å²) in [5.41, 5.74) is 3.34. The number of nitrogens with one attached hydrogen (secondary N) is 1. The van der Waals surface area contributed by atoms with Gasteiger partial charge in [0.2, 0.25) is 0 Å². The van der Waals surface area contributed by atoms with Crippen LogP contribution < -0.4 is 5.56 Å². The lowest BCUT2D eigenvalue weighted by atomic mass is 10.0. The van der Waals surface area contributed by atoms with Gasteiger partial charge in [-0.3, -0.25) is 9.36 Å². The fraction of sp³-hybridized carbons (Fsp3) is 0.111. The molecule has 2 aromatic carbocycles. The van der Waals surface area contributed by atoms with Gasteiger partial charge in [0.1, 0.15) is 5.82 Å². The molecule has 3 heterocycles. The molecule has 4 nitrogen and oxygen atoms in total. The van der Waals surface area contributed by atoms with Crippen molar-refractivity contribution in [3.8, 4) is 11.5 Å². The monoisotopic (exact) mass is 305 g/mol. The smallest absolute Gasteiger partial charge is 0.261 e. The van der Waals surface area contributed by atoms with Gasteiger partial charge in [-0.25, -0.2) is 9.37 Å². The predicted molar refractivity (Wildman–Crippen MR) is 87.0 cm³/mol. The summed E-state index contributed by atoms with van der Waals surface area (Å²) in [5.74, 6) is 0.201. The van der Waals surface area contributed by atoms with Crippen LogP contribution in [-0.4, -0.2) is 14.5 Å². The van der Waals surface area contributed by atoms with Crippen molar-refractivity contribution in [3.05, 3.63) is 64.2 Å². The van der Waals surface area contributed by atoms with E-state index in [1.54, 1.807) is 4.57 Å². The van der Waals surface area contributed by atoms with E-state index in [1.165, 1.54) is 23.8 Å². The number of nitrogens with zero attached hydrogens (tertiary/aromatic N) is 2. The third kappa shape index (κ3) is 1.64. The quantitative estimate of drug-likeness (QED) is 0.542. The summed E-state index contributed by atoms with van der Waals surface area (Å²) in [6.07, 6.45) is 0.778. The van der Waals surface area contributed by atoms with Crippen LogP contribution in [0.25, 0.3) is 33.3 Å². The Kier molecular flexibility index (Phi) is 2.34. The van der Waals surface area contributed by atoms with Crippen molar-refractivity contribution < 1.29 is 4.39 Å². The minimum Gasteiger partial charge on any atom is -0.352 e. The Morgan fingerprint density at radius 1 is 1.13 bits per heavy atom. The molecule has 1 N–H and O–H groups in total. The lowest BCUT2D eigenvalue weighted by Gasteiger charge is -2.18. The summed E-state index contributed by atoms with van der Waals surface area (Å²) in [7, 11) is 0. The Bertz CT molecular complexity index is 1160. The molecule has 0 atom stereocenters. The normalized spacial score (nSPS) is 13.3. The highest BCUT2D eigenvalue weighted by molar-refractivity contribution is 5.91. The number of halogens is 1. The third-order valence-corrected chi connectivity index (χ3v) is 4.54. The van der Waals surface area contributed by atoms with Gasteiger partial charge in [-0.2, -0.15) is 0 Å². The van der Waals surface area contributed by atoms with Crippen molar-refractivity contribution in [3.63, 3.8) is 0 Å².